The van der Waals surface area contributed by atoms with E-state index in [2.05, 4.69) is 40.3 Å². The summed E-state index contributed by atoms with van der Waals surface area (Å²) in [5.74, 6) is 0.710. The number of nitriles is 1. The number of rotatable bonds is 18. The van der Waals surface area contributed by atoms with E-state index in [1.807, 2.05) is 20.8 Å². The van der Waals surface area contributed by atoms with Crippen LogP contribution in [0.25, 0.3) is 33.8 Å². The number of aryl methyl sites for hydroxylation is 4. The number of hydrogen-bond donors (Lipinski definition) is 6. The number of benzene rings is 2. The van der Waals surface area contributed by atoms with Gasteiger partial charge in [-0.15, -0.1) is 10.2 Å². The molecule has 0 atom stereocenters. The van der Waals surface area contributed by atoms with Crippen LogP contribution < -0.4 is 134 Å². The van der Waals surface area contributed by atoms with Crippen LogP contribution in [0.3, 0.4) is 0 Å². The fourth-order valence-electron chi connectivity index (χ4n) is 7.72. The molecule has 448 valence electrons. The molecule has 0 bridgehead atoms. The first-order valence-electron chi connectivity index (χ1n) is 25.0. The van der Waals surface area contributed by atoms with Crippen LogP contribution in [0.2, 0.25) is 0 Å². The largest absolute Gasteiger partial charge is 1.00 e. The standard InChI is InChI=1S/C22H29N5O5S.C17H19ClN4O4S.C5H11NO.C2HF3O2.C2H3N.CH2O3.2K.H/c1-4-6-19-23-14(3)20-22(29)24-21(25-27(19)20)17-11-16(7-8-18(17)32-5-2)33(30,31)26-12-15(13-26)9-10-28;1-4-6-14-19-10(3)15-17(23)20-16(21-22(14)15)12-9-11(27(18,24)25)7-8-13(12)26-5-2;7-2-1-5-3-6-4-5;3-2(4,5)1(6)7;1-2-3;2-1-4-3;;;/h7-8,11,15,28H,4-6,9-10,12-13H2,1-3H3,(H,24,25,29);7-9H,4-6H2,1-3H3,(H,20,21,23);5-7H,1-4H2;(H,6,7);1H3;1,3H;;;/q;;;;;;2*+1;-1/p-1. The Morgan fingerprint density at radius 1 is 0.819 bits per heavy atom. The Bertz CT molecular complexity index is 3470. The number of nitrogens with one attached hydrogen (secondary N) is 3. The van der Waals surface area contributed by atoms with Gasteiger partial charge in [0, 0.05) is 56.8 Å². The van der Waals surface area contributed by atoms with Crippen molar-refractivity contribution < 1.29 is 179 Å². The van der Waals surface area contributed by atoms with Gasteiger partial charge in [-0.05, 0) is 115 Å². The third-order valence-electron chi connectivity index (χ3n) is 11.5. The van der Waals surface area contributed by atoms with Gasteiger partial charge in [-0.25, -0.2) is 40.6 Å². The number of carbonyl (C=O) groups excluding carboxylic acids is 1. The molecule has 2 fully saturated rings. The minimum atomic E-state index is -5.08. The van der Waals surface area contributed by atoms with Crippen molar-refractivity contribution in [1.82, 2.24) is 48.8 Å². The molecule has 26 nitrogen and oxygen atoms in total. The van der Waals surface area contributed by atoms with E-state index in [1.54, 1.807) is 37.4 Å². The van der Waals surface area contributed by atoms with Gasteiger partial charge in [0.15, 0.2) is 22.7 Å². The van der Waals surface area contributed by atoms with Crippen molar-refractivity contribution >= 4 is 53.2 Å². The Morgan fingerprint density at radius 3 is 1.52 bits per heavy atom. The van der Waals surface area contributed by atoms with Gasteiger partial charge in [0.2, 0.25) is 10.0 Å². The van der Waals surface area contributed by atoms with Crippen molar-refractivity contribution in [1.29, 1.82) is 5.26 Å². The molecule has 0 radical (unpaired) electrons. The molecular formula is C49H65ClF3K2N11O15S2. The van der Waals surface area contributed by atoms with Gasteiger partial charge in [-0.1, -0.05) is 13.8 Å². The topological polar surface area (TPSA) is 379 Å². The normalized spacial score (nSPS) is 13.0. The number of aliphatic hydroxyl groups excluding tert-OH is 2. The Hall–Kier alpha value is -3.78. The van der Waals surface area contributed by atoms with Crippen LogP contribution >= 0.6 is 10.7 Å². The molecule has 8 rings (SSSR count). The molecule has 0 saturated carbocycles. The number of alkyl halides is 3. The Morgan fingerprint density at radius 2 is 1.20 bits per heavy atom. The van der Waals surface area contributed by atoms with E-state index in [-0.39, 0.29) is 156 Å². The second kappa shape index (κ2) is 37.0. The summed E-state index contributed by atoms with van der Waals surface area (Å²) in [4.78, 5) is 60.0. The van der Waals surface area contributed by atoms with E-state index in [9.17, 15) is 39.6 Å². The SMILES string of the molecule is CC#N.CCCc1nc(C)c2c(=O)[nH]c(-c3cc(S(=O)(=O)Cl)ccc3OCC)nn12.CCCc1nc(C)c2c(=O)[nH]c(-c3cc(S(=O)(=O)N4CC(CCO)C4)ccc3OCC)nn12.O=C(O)C(F)(F)F.O=CO[O-].OCCC1CNC1.[H-].[K+].[K+]. The zero-order valence-electron chi connectivity index (χ0n) is 48.2. The zero-order valence-corrected chi connectivity index (χ0v) is 55.9. The Labute approximate surface area is 567 Å². The number of nitrogens with zero attached hydrogens (tertiary/aromatic N) is 8. The van der Waals surface area contributed by atoms with Gasteiger partial charge >= 0.3 is 115 Å². The van der Waals surface area contributed by atoms with Crippen molar-refractivity contribution in [3.05, 3.63) is 80.1 Å². The number of halogens is 4. The molecule has 0 aliphatic carbocycles. The molecule has 0 spiro atoms. The van der Waals surface area contributed by atoms with Crippen molar-refractivity contribution in [3.63, 3.8) is 0 Å². The minimum Gasteiger partial charge on any atom is -1.00 e. The number of H-pyrrole nitrogens is 2. The van der Waals surface area contributed by atoms with E-state index in [0.29, 0.717) is 109 Å². The first-order valence-corrected chi connectivity index (χ1v) is 28.7. The average Bonchev–Trinajstić information content (AvgIpc) is 3.88. The second-order valence-electron chi connectivity index (χ2n) is 17.4. The van der Waals surface area contributed by atoms with Crippen molar-refractivity contribution in [2.75, 3.05) is 52.6 Å². The van der Waals surface area contributed by atoms with Crippen LogP contribution in [0.1, 0.15) is 84.8 Å². The maximum Gasteiger partial charge on any atom is 1.00 e. The third kappa shape index (κ3) is 22.2. The first-order chi connectivity index (χ1) is 38.3. The van der Waals surface area contributed by atoms with Crippen molar-refractivity contribution in [2.45, 2.75) is 103 Å². The number of aromatic nitrogens is 8. The molecule has 2 aliphatic heterocycles. The number of aromatic amines is 2. The summed E-state index contributed by atoms with van der Waals surface area (Å²) in [7, 11) is -2.21. The van der Waals surface area contributed by atoms with Crippen LogP contribution in [0, 0.1) is 37.0 Å². The molecule has 0 amide bonds. The molecule has 4 aromatic heterocycles. The molecule has 0 unspecified atom stereocenters. The first kappa shape index (κ1) is 77.2. The van der Waals surface area contributed by atoms with Gasteiger partial charge in [0.25, 0.3) is 26.6 Å². The number of aliphatic carboxylic acids is 1. The minimum absolute atomic E-state index is 0. The molecule has 6 N–H and O–H groups in total. The van der Waals surface area contributed by atoms with Gasteiger partial charge < -0.3 is 51.6 Å². The van der Waals surface area contributed by atoms with Crippen LogP contribution in [0.15, 0.2) is 55.8 Å². The number of ether oxygens (including phenoxy) is 2. The molecule has 2 aromatic carbocycles. The predicted octanol–water partition coefficient (Wildman–Crippen LogP) is -2.27. The number of carboxylic acids is 1. The summed E-state index contributed by atoms with van der Waals surface area (Å²) in [6, 6.07) is 10.5. The number of aliphatic hydroxyl groups is 2. The summed E-state index contributed by atoms with van der Waals surface area (Å²) in [6.45, 7) is 16.5. The van der Waals surface area contributed by atoms with E-state index < -0.39 is 31.2 Å². The van der Waals surface area contributed by atoms with Crippen LogP contribution in [0.4, 0.5) is 13.2 Å². The monoisotopic (exact) mass is 1280 g/mol. The van der Waals surface area contributed by atoms with E-state index >= 15 is 0 Å². The molecule has 2 aliphatic rings. The fraction of sp³-hybridized carbons (Fsp3) is 0.490. The van der Waals surface area contributed by atoms with Gasteiger partial charge in [-0.2, -0.15) is 22.7 Å². The predicted molar refractivity (Wildman–Crippen MR) is 286 cm³/mol. The Kier molecular flexibility index (Phi) is 34.5. The number of sulfonamides is 1. The Balaban J connectivity index is 0.00000120. The molecule has 83 heavy (non-hydrogen) atoms. The van der Waals surface area contributed by atoms with Gasteiger partial charge in [0.05, 0.1) is 51.6 Å². The number of carboxylic acid groups (broad SMARTS) is 1. The zero-order chi connectivity index (χ0) is 60.8. The van der Waals surface area contributed by atoms with E-state index in [4.69, 9.17) is 55.6 Å². The van der Waals surface area contributed by atoms with Crippen LogP contribution in [-0.2, 0) is 46.4 Å². The molecule has 6 heterocycles. The number of carbonyl (C=O) groups is 2. The van der Waals surface area contributed by atoms with Gasteiger partial charge in [0.1, 0.15) is 23.1 Å². The van der Waals surface area contributed by atoms with Gasteiger partial charge in [-0.3, -0.25) is 14.4 Å². The van der Waals surface area contributed by atoms with Crippen molar-refractivity contribution in [2.24, 2.45) is 11.8 Å². The van der Waals surface area contributed by atoms with Crippen LogP contribution in [-0.4, -0.2) is 147 Å². The molecular weight excluding hydrogens is 1220 g/mol. The number of fused-ring (bicyclic) bond motifs is 2. The molecule has 6 aromatic rings. The smallest absolute Gasteiger partial charge is 1.00 e. The maximum atomic E-state index is 13.2. The summed E-state index contributed by atoms with van der Waals surface area (Å²) >= 11 is 0. The quantitative estimate of drug-likeness (QED) is 0.0174. The van der Waals surface area contributed by atoms with E-state index in [0.717, 1.165) is 38.3 Å². The van der Waals surface area contributed by atoms with E-state index in [1.165, 1.54) is 46.1 Å². The summed E-state index contributed by atoms with van der Waals surface area (Å²) < 4.78 is 97.2. The number of imidazole rings is 2. The fourth-order valence-corrected chi connectivity index (χ4v) is 10.1. The molecule has 2 saturated heterocycles. The molecule has 34 heteroatoms. The summed E-state index contributed by atoms with van der Waals surface area (Å²) in [5.41, 5.74) is 1.91. The maximum absolute atomic E-state index is 13.2. The summed E-state index contributed by atoms with van der Waals surface area (Å²) in [6.07, 6.45) is -0.538. The van der Waals surface area contributed by atoms with Crippen LogP contribution in [0.5, 0.6) is 11.5 Å². The summed E-state index contributed by atoms with van der Waals surface area (Å²) in [5, 5.41) is 52.6. The number of hydrogen-bond acceptors (Lipinski definition) is 20. The third-order valence-corrected chi connectivity index (χ3v) is 14.7. The average molecular weight is 1280 g/mol. The van der Waals surface area contributed by atoms with Crippen molar-refractivity contribution in [3.8, 4) is 40.3 Å². The second-order valence-corrected chi connectivity index (χ2v) is 21.9.